The highest BCUT2D eigenvalue weighted by atomic mass is 16.7. The molecular formula is C16H23NO4. The highest BCUT2D eigenvalue weighted by Crippen LogP contribution is 2.70. The van der Waals surface area contributed by atoms with Crippen molar-refractivity contribution in [1.82, 2.24) is 0 Å². The second kappa shape index (κ2) is 4.69. The van der Waals surface area contributed by atoms with Gasteiger partial charge < -0.3 is 14.2 Å². The van der Waals surface area contributed by atoms with Gasteiger partial charge in [0.2, 0.25) is 0 Å². The van der Waals surface area contributed by atoms with Gasteiger partial charge in [0, 0.05) is 12.3 Å². The summed E-state index contributed by atoms with van der Waals surface area (Å²) in [4.78, 5) is 11.9. The Morgan fingerprint density at radius 2 is 2.05 bits per heavy atom. The topological polar surface area (TPSA) is 68.6 Å². The van der Waals surface area contributed by atoms with E-state index in [1.165, 1.54) is 7.11 Å². The summed E-state index contributed by atoms with van der Waals surface area (Å²) < 4.78 is 16.9. The van der Waals surface area contributed by atoms with E-state index in [1.807, 2.05) is 6.92 Å². The molecule has 3 rings (SSSR count). The van der Waals surface area contributed by atoms with Gasteiger partial charge in [-0.3, -0.25) is 4.79 Å². The molecule has 1 saturated heterocycles. The van der Waals surface area contributed by atoms with Gasteiger partial charge in [-0.1, -0.05) is 6.92 Å². The summed E-state index contributed by atoms with van der Waals surface area (Å²) in [5.74, 6) is -0.742. The predicted molar refractivity (Wildman–Crippen MR) is 73.9 cm³/mol. The molecule has 1 spiro atoms. The molecule has 0 aromatic rings. The Balaban J connectivity index is 2.04. The van der Waals surface area contributed by atoms with E-state index in [1.54, 1.807) is 0 Å². The van der Waals surface area contributed by atoms with Crippen LogP contribution in [0.25, 0.3) is 0 Å². The van der Waals surface area contributed by atoms with Crippen molar-refractivity contribution >= 4 is 5.97 Å². The first-order valence-electron chi connectivity index (χ1n) is 7.68. The van der Waals surface area contributed by atoms with Gasteiger partial charge in [0.05, 0.1) is 38.2 Å². The Morgan fingerprint density at radius 3 is 2.62 bits per heavy atom. The number of carbonyl (C=O) groups excluding carboxylic acids is 1. The lowest BCUT2D eigenvalue weighted by molar-refractivity contribution is -0.208. The number of esters is 1. The quantitative estimate of drug-likeness (QED) is 0.730. The van der Waals surface area contributed by atoms with Crippen molar-refractivity contribution in [2.75, 3.05) is 20.3 Å². The van der Waals surface area contributed by atoms with Crippen molar-refractivity contribution in [2.24, 2.45) is 22.7 Å². The first kappa shape index (κ1) is 14.8. The lowest BCUT2D eigenvalue weighted by Gasteiger charge is -2.40. The summed E-state index contributed by atoms with van der Waals surface area (Å²) in [7, 11) is 1.42. The summed E-state index contributed by atoms with van der Waals surface area (Å²) in [5, 5.41) is 9.81. The maximum atomic E-state index is 11.9. The van der Waals surface area contributed by atoms with Crippen LogP contribution in [0.15, 0.2) is 0 Å². The molecule has 2 aliphatic carbocycles. The number of hydrogen-bond donors (Lipinski definition) is 0. The fourth-order valence-corrected chi connectivity index (χ4v) is 5.18. The zero-order valence-corrected chi connectivity index (χ0v) is 13.0. The second-order valence-electron chi connectivity index (χ2n) is 7.06. The van der Waals surface area contributed by atoms with Gasteiger partial charge in [0.15, 0.2) is 5.79 Å². The van der Waals surface area contributed by atoms with Gasteiger partial charge in [-0.2, -0.15) is 5.26 Å². The minimum absolute atomic E-state index is 0.0703. The van der Waals surface area contributed by atoms with Crippen molar-refractivity contribution in [1.29, 1.82) is 5.26 Å². The molecule has 5 nitrogen and oxygen atoms in total. The molecular weight excluding hydrogens is 270 g/mol. The lowest BCUT2D eigenvalue weighted by atomic mass is 9.67. The molecule has 1 aliphatic heterocycles. The minimum Gasteiger partial charge on any atom is -0.469 e. The molecule has 2 saturated carbocycles. The molecule has 5 heteroatoms. The van der Waals surface area contributed by atoms with Crippen LogP contribution in [-0.2, 0) is 19.0 Å². The first-order chi connectivity index (χ1) is 9.92. The van der Waals surface area contributed by atoms with Crippen LogP contribution in [-0.4, -0.2) is 32.1 Å². The summed E-state index contributed by atoms with van der Waals surface area (Å²) in [6.07, 6.45) is 2.82. The number of nitriles is 1. The van der Waals surface area contributed by atoms with Crippen molar-refractivity contribution < 1.29 is 19.0 Å². The number of fused-ring (bicyclic) bond motifs is 2. The summed E-state index contributed by atoms with van der Waals surface area (Å²) in [5.41, 5.74) is -0.768. The molecule has 0 aromatic carbocycles. The zero-order chi connectivity index (χ0) is 15.3. The van der Waals surface area contributed by atoms with E-state index in [9.17, 15) is 10.1 Å². The molecule has 4 atom stereocenters. The van der Waals surface area contributed by atoms with E-state index >= 15 is 0 Å². The Kier molecular flexibility index (Phi) is 3.30. The third-order valence-corrected chi connectivity index (χ3v) is 6.10. The van der Waals surface area contributed by atoms with Crippen LogP contribution in [0.5, 0.6) is 0 Å². The standard InChI is InChI=1S/C16H23NO4/c1-11-8-15(9-12(18)19-3)4-5-16(20-6-7-21-16)13(15)14(11,2)10-17/h11,13H,4-9H2,1-3H3/t11-,13+,14-,15-/m1/s1. The van der Waals surface area contributed by atoms with Gasteiger partial charge in [-0.05, 0) is 31.1 Å². The average Bonchev–Trinajstić information content (AvgIpc) is 3.10. The van der Waals surface area contributed by atoms with Crippen LogP contribution in [0.4, 0.5) is 0 Å². The Morgan fingerprint density at radius 1 is 1.38 bits per heavy atom. The van der Waals surface area contributed by atoms with Gasteiger partial charge in [0.1, 0.15) is 0 Å². The molecule has 1 heterocycles. The highest BCUT2D eigenvalue weighted by Gasteiger charge is 2.72. The SMILES string of the molecule is COC(=O)C[C@]12CCC3(OCCO3)[C@H]1[C@](C)(C#N)[C@H](C)C2. The van der Waals surface area contributed by atoms with E-state index in [-0.39, 0.29) is 23.2 Å². The van der Waals surface area contributed by atoms with Gasteiger partial charge in [-0.25, -0.2) is 0 Å². The number of carbonyl (C=O) groups is 1. The highest BCUT2D eigenvalue weighted by molar-refractivity contribution is 5.70. The Bertz CT molecular complexity index is 493. The molecule has 116 valence electrons. The number of nitrogens with zero attached hydrogens (tertiary/aromatic N) is 1. The summed E-state index contributed by atoms with van der Waals surface area (Å²) in [6.45, 7) is 5.24. The van der Waals surface area contributed by atoms with Gasteiger partial charge in [-0.15, -0.1) is 0 Å². The van der Waals surface area contributed by atoms with Crippen LogP contribution in [0.1, 0.15) is 39.5 Å². The largest absolute Gasteiger partial charge is 0.469 e. The summed E-state index contributed by atoms with van der Waals surface area (Å²) >= 11 is 0. The molecule has 0 N–H and O–H groups in total. The molecule has 3 fully saturated rings. The van der Waals surface area contributed by atoms with Gasteiger partial charge in [0.25, 0.3) is 0 Å². The van der Waals surface area contributed by atoms with Gasteiger partial charge >= 0.3 is 5.97 Å². The maximum absolute atomic E-state index is 11.9. The molecule has 0 amide bonds. The summed E-state index contributed by atoms with van der Waals surface area (Å²) in [6, 6.07) is 2.52. The lowest BCUT2D eigenvalue weighted by Crippen LogP contribution is -2.47. The van der Waals surface area contributed by atoms with Crippen LogP contribution in [0, 0.1) is 34.0 Å². The zero-order valence-electron chi connectivity index (χ0n) is 13.0. The van der Waals surface area contributed by atoms with Crippen LogP contribution < -0.4 is 0 Å². The average molecular weight is 293 g/mol. The van der Waals surface area contributed by atoms with E-state index < -0.39 is 11.2 Å². The van der Waals surface area contributed by atoms with Crippen molar-refractivity contribution in [3.05, 3.63) is 0 Å². The Hall–Kier alpha value is -1.12. The fourth-order valence-electron chi connectivity index (χ4n) is 5.18. The number of ether oxygens (including phenoxy) is 3. The monoisotopic (exact) mass is 293 g/mol. The van der Waals surface area contributed by atoms with Crippen molar-refractivity contribution in [3.8, 4) is 6.07 Å². The number of rotatable bonds is 2. The van der Waals surface area contributed by atoms with E-state index in [0.29, 0.717) is 19.6 Å². The normalized spacial score (nSPS) is 43.7. The van der Waals surface area contributed by atoms with Crippen molar-refractivity contribution in [3.63, 3.8) is 0 Å². The van der Waals surface area contributed by atoms with E-state index in [4.69, 9.17) is 14.2 Å². The third kappa shape index (κ3) is 1.85. The predicted octanol–water partition coefficient (Wildman–Crippen LogP) is 2.26. The maximum Gasteiger partial charge on any atom is 0.306 e. The molecule has 21 heavy (non-hydrogen) atoms. The molecule has 0 bridgehead atoms. The molecule has 0 unspecified atom stereocenters. The number of hydrogen-bond acceptors (Lipinski definition) is 5. The van der Waals surface area contributed by atoms with Crippen LogP contribution in [0.3, 0.4) is 0 Å². The molecule has 3 aliphatic rings. The van der Waals surface area contributed by atoms with Crippen molar-refractivity contribution in [2.45, 2.75) is 45.3 Å². The number of methoxy groups -OCH3 is 1. The van der Waals surface area contributed by atoms with Crippen LogP contribution >= 0.6 is 0 Å². The molecule has 0 aromatic heterocycles. The third-order valence-electron chi connectivity index (χ3n) is 6.10. The minimum atomic E-state index is -0.677. The van der Waals surface area contributed by atoms with Crippen LogP contribution in [0.2, 0.25) is 0 Å². The second-order valence-corrected chi connectivity index (χ2v) is 7.06. The van der Waals surface area contributed by atoms with E-state index in [2.05, 4.69) is 13.0 Å². The van der Waals surface area contributed by atoms with E-state index in [0.717, 1.165) is 19.3 Å². The first-order valence-corrected chi connectivity index (χ1v) is 7.68. The molecule has 0 radical (unpaired) electrons. The smallest absolute Gasteiger partial charge is 0.306 e. The Labute approximate surface area is 125 Å². The fraction of sp³-hybridized carbons (Fsp3) is 0.875.